The van der Waals surface area contributed by atoms with Gasteiger partial charge in [-0.25, -0.2) is 9.59 Å². The number of rotatable bonds is 7. The molecule has 3 rings (SSSR count). The lowest BCUT2D eigenvalue weighted by molar-refractivity contribution is -0.123. The number of anilines is 2. The summed E-state index contributed by atoms with van der Waals surface area (Å²) in [4.78, 5) is 49.0. The molecule has 0 aliphatic carbocycles. The van der Waals surface area contributed by atoms with Gasteiger partial charge in [-0.15, -0.1) is 0 Å². The zero-order valence-electron chi connectivity index (χ0n) is 22.0. The van der Waals surface area contributed by atoms with E-state index in [9.17, 15) is 19.2 Å². The molecule has 3 aromatic rings. The second-order valence-electron chi connectivity index (χ2n) is 9.80. The normalized spacial score (nSPS) is 10.8. The number of amides is 2. The van der Waals surface area contributed by atoms with E-state index < -0.39 is 17.4 Å². The van der Waals surface area contributed by atoms with Gasteiger partial charge < -0.3 is 20.1 Å². The van der Waals surface area contributed by atoms with E-state index in [1.807, 2.05) is 20.8 Å². The van der Waals surface area contributed by atoms with Gasteiger partial charge in [-0.3, -0.25) is 9.59 Å². The average Bonchev–Trinajstić information content (AvgIpc) is 2.85. The van der Waals surface area contributed by atoms with Gasteiger partial charge in [-0.2, -0.15) is 0 Å². The van der Waals surface area contributed by atoms with Crippen molar-refractivity contribution in [3.8, 4) is 11.5 Å². The molecular formula is C30H30N2O6. The molecular weight excluding hydrogens is 484 g/mol. The van der Waals surface area contributed by atoms with E-state index in [2.05, 4.69) is 17.2 Å². The Kier molecular flexibility index (Phi) is 8.47. The topological polar surface area (TPSA) is 111 Å². The molecule has 38 heavy (non-hydrogen) atoms. The summed E-state index contributed by atoms with van der Waals surface area (Å²) in [6, 6.07) is 17.3. The minimum atomic E-state index is -0.575. The summed E-state index contributed by atoms with van der Waals surface area (Å²) in [7, 11) is 0. The average molecular weight is 515 g/mol. The molecule has 0 aromatic heterocycles. The van der Waals surface area contributed by atoms with Crippen LogP contribution in [0.2, 0.25) is 0 Å². The monoisotopic (exact) mass is 514 g/mol. The van der Waals surface area contributed by atoms with Crippen molar-refractivity contribution in [3.05, 3.63) is 95.6 Å². The lowest BCUT2D eigenvalue weighted by Gasteiger charge is -2.17. The zero-order chi connectivity index (χ0) is 28.0. The van der Waals surface area contributed by atoms with Gasteiger partial charge in [0.2, 0.25) is 5.91 Å². The number of ether oxygens (including phenoxy) is 2. The predicted molar refractivity (Wildman–Crippen MR) is 146 cm³/mol. The van der Waals surface area contributed by atoms with Gasteiger partial charge >= 0.3 is 11.9 Å². The number of esters is 2. The van der Waals surface area contributed by atoms with E-state index in [1.165, 1.54) is 6.07 Å². The molecule has 0 bridgehead atoms. The molecule has 0 aliphatic rings. The third kappa shape index (κ3) is 7.39. The van der Waals surface area contributed by atoms with Crippen LogP contribution in [-0.4, -0.2) is 23.8 Å². The standard InChI is InChI=1S/C30H30N2O6/c1-18(2)26(33)31-22-11-7-21(8-12-22)28(35)38-25-16-15-24(17-19(25)3)37-27(34)20-9-13-23(14-10-20)32-29(36)30(4,5)6/h7-17H,1H2,2-6H3,(H,31,33)(H,32,36). The Morgan fingerprint density at radius 3 is 1.71 bits per heavy atom. The molecule has 0 aliphatic heterocycles. The third-order valence-corrected chi connectivity index (χ3v) is 5.39. The maximum Gasteiger partial charge on any atom is 0.343 e. The van der Waals surface area contributed by atoms with Gasteiger partial charge in [-0.1, -0.05) is 27.4 Å². The first-order chi connectivity index (χ1) is 17.8. The molecule has 3 aromatic carbocycles. The molecule has 8 heteroatoms. The van der Waals surface area contributed by atoms with Gasteiger partial charge in [0.25, 0.3) is 5.91 Å². The maximum absolute atomic E-state index is 12.6. The van der Waals surface area contributed by atoms with Crippen LogP contribution >= 0.6 is 0 Å². The van der Waals surface area contributed by atoms with Crippen molar-refractivity contribution in [2.75, 3.05) is 10.6 Å². The van der Waals surface area contributed by atoms with Crippen molar-refractivity contribution in [2.24, 2.45) is 5.41 Å². The van der Waals surface area contributed by atoms with Crippen molar-refractivity contribution in [3.63, 3.8) is 0 Å². The molecule has 0 unspecified atom stereocenters. The van der Waals surface area contributed by atoms with Gasteiger partial charge in [0.15, 0.2) is 0 Å². The number of aryl methyl sites for hydroxylation is 1. The largest absolute Gasteiger partial charge is 0.423 e. The Bertz CT molecular complexity index is 1380. The molecule has 0 heterocycles. The first-order valence-corrected chi connectivity index (χ1v) is 11.9. The van der Waals surface area contributed by atoms with Crippen LogP contribution in [0.5, 0.6) is 11.5 Å². The van der Waals surface area contributed by atoms with Crippen molar-refractivity contribution >= 4 is 35.1 Å². The first-order valence-electron chi connectivity index (χ1n) is 11.9. The molecule has 0 saturated heterocycles. The lowest BCUT2D eigenvalue weighted by Crippen LogP contribution is -2.27. The summed E-state index contributed by atoms with van der Waals surface area (Å²) in [6.45, 7) is 12.3. The second kappa shape index (κ2) is 11.6. The van der Waals surface area contributed by atoms with E-state index >= 15 is 0 Å². The molecule has 0 spiro atoms. The molecule has 196 valence electrons. The number of benzene rings is 3. The number of carbonyl (C=O) groups excluding carboxylic acids is 4. The summed E-state index contributed by atoms with van der Waals surface area (Å²) in [5.41, 5.74) is 2.15. The highest BCUT2D eigenvalue weighted by molar-refractivity contribution is 6.03. The Hall–Kier alpha value is -4.72. The molecule has 0 saturated carbocycles. The molecule has 2 N–H and O–H groups in total. The minimum absolute atomic E-state index is 0.131. The van der Waals surface area contributed by atoms with Crippen molar-refractivity contribution in [2.45, 2.75) is 34.6 Å². The predicted octanol–water partition coefficient (Wildman–Crippen LogP) is 5.93. The minimum Gasteiger partial charge on any atom is -0.423 e. The number of hydrogen-bond acceptors (Lipinski definition) is 6. The lowest BCUT2D eigenvalue weighted by atomic mass is 9.95. The molecule has 8 nitrogen and oxygen atoms in total. The van der Waals surface area contributed by atoms with E-state index in [4.69, 9.17) is 9.47 Å². The van der Waals surface area contributed by atoms with Crippen LogP contribution in [-0.2, 0) is 9.59 Å². The van der Waals surface area contributed by atoms with Gasteiger partial charge in [0.05, 0.1) is 11.1 Å². The first kappa shape index (κ1) is 27.9. The van der Waals surface area contributed by atoms with Crippen molar-refractivity contribution < 1.29 is 28.7 Å². The van der Waals surface area contributed by atoms with Crippen molar-refractivity contribution in [1.82, 2.24) is 0 Å². The molecule has 0 atom stereocenters. The second-order valence-corrected chi connectivity index (χ2v) is 9.80. The Labute approximate surface area is 221 Å². The fraction of sp³-hybridized carbons (Fsp3) is 0.200. The summed E-state index contributed by atoms with van der Waals surface area (Å²) in [5, 5.41) is 5.47. The van der Waals surface area contributed by atoms with E-state index in [0.717, 1.165) is 0 Å². The quantitative estimate of drug-likeness (QED) is 0.230. The Balaban J connectivity index is 1.60. The summed E-state index contributed by atoms with van der Waals surface area (Å²) >= 11 is 0. The van der Waals surface area contributed by atoms with E-state index in [-0.39, 0.29) is 17.6 Å². The summed E-state index contributed by atoms with van der Waals surface area (Å²) in [5.74, 6) is -0.981. The van der Waals surface area contributed by atoms with Crippen LogP contribution in [0.1, 0.15) is 54.0 Å². The summed E-state index contributed by atoms with van der Waals surface area (Å²) in [6.07, 6.45) is 0. The SMILES string of the molecule is C=C(C)C(=O)Nc1ccc(C(=O)Oc2ccc(OC(=O)c3ccc(NC(=O)C(C)(C)C)cc3)cc2C)cc1. The number of nitrogens with one attached hydrogen (secondary N) is 2. The van der Waals surface area contributed by atoms with Gasteiger partial charge in [0.1, 0.15) is 11.5 Å². The van der Waals surface area contributed by atoms with Gasteiger partial charge in [-0.05, 0) is 86.1 Å². The molecule has 0 radical (unpaired) electrons. The Morgan fingerprint density at radius 1 is 0.737 bits per heavy atom. The summed E-state index contributed by atoms with van der Waals surface area (Å²) < 4.78 is 10.9. The van der Waals surface area contributed by atoms with Crippen LogP contribution in [0.25, 0.3) is 0 Å². The van der Waals surface area contributed by atoms with Gasteiger partial charge in [0, 0.05) is 22.4 Å². The Morgan fingerprint density at radius 2 is 1.24 bits per heavy atom. The van der Waals surface area contributed by atoms with Crippen LogP contribution in [0.4, 0.5) is 11.4 Å². The smallest absolute Gasteiger partial charge is 0.343 e. The third-order valence-electron chi connectivity index (χ3n) is 5.39. The number of carbonyl (C=O) groups is 4. The van der Waals surface area contributed by atoms with Crippen LogP contribution in [0.3, 0.4) is 0 Å². The highest BCUT2D eigenvalue weighted by atomic mass is 16.5. The molecule has 0 fully saturated rings. The molecule has 2 amide bonds. The zero-order valence-corrected chi connectivity index (χ0v) is 22.0. The highest BCUT2D eigenvalue weighted by Gasteiger charge is 2.21. The van der Waals surface area contributed by atoms with Crippen LogP contribution in [0, 0.1) is 12.3 Å². The van der Waals surface area contributed by atoms with Crippen molar-refractivity contribution in [1.29, 1.82) is 0 Å². The van der Waals surface area contributed by atoms with Crippen LogP contribution in [0.15, 0.2) is 78.9 Å². The highest BCUT2D eigenvalue weighted by Crippen LogP contribution is 2.26. The van der Waals surface area contributed by atoms with E-state index in [1.54, 1.807) is 74.5 Å². The maximum atomic E-state index is 12.6. The number of hydrogen-bond donors (Lipinski definition) is 2. The fourth-order valence-electron chi connectivity index (χ4n) is 3.06. The van der Waals surface area contributed by atoms with E-state index in [0.29, 0.717) is 39.4 Å². The van der Waals surface area contributed by atoms with Crippen LogP contribution < -0.4 is 20.1 Å². The fourth-order valence-corrected chi connectivity index (χ4v) is 3.06.